The predicted octanol–water partition coefficient (Wildman–Crippen LogP) is 5.36. The lowest BCUT2D eigenvalue weighted by atomic mass is 9.74. The number of aromatic nitrogens is 1. The second-order valence-corrected chi connectivity index (χ2v) is 13.0. The van der Waals surface area contributed by atoms with Gasteiger partial charge in [0.1, 0.15) is 5.60 Å². The minimum absolute atomic E-state index is 0.0549. The minimum atomic E-state index is -0.352. The maximum absolute atomic E-state index is 13.3. The van der Waals surface area contributed by atoms with Crippen LogP contribution in [0.15, 0.2) is 12.3 Å². The van der Waals surface area contributed by atoms with Crippen molar-refractivity contribution < 1.29 is 19.1 Å². The predicted molar refractivity (Wildman–Crippen MR) is 155 cm³/mol. The Morgan fingerprint density at radius 1 is 1.10 bits per heavy atom. The van der Waals surface area contributed by atoms with E-state index in [1.807, 2.05) is 29.7 Å². The second kappa shape index (κ2) is 12.4. The standard InChI is InChI=1S/C32H50N4O4/c1-5-6-9-26-22-35(23-27-10-7-8-21-39-27)30(38)40-32(26)14-19-36(20-15-32)31(4)12-17-34(18-13-31)29(37)28-24(2)11-16-33-25(28)3/h11,16,26-27H,5-10,12-15,17-23H2,1-4H3/t26-,27?/m0/s1. The molecule has 1 spiro atoms. The molecule has 2 amide bonds. The van der Waals surface area contributed by atoms with Crippen LogP contribution in [0.4, 0.5) is 4.79 Å². The topological polar surface area (TPSA) is 75.2 Å². The van der Waals surface area contributed by atoms with Crippen molar-refractivity contribution in [3.05, 3.63) is 29.1 Å². The van der Waals surface area contributed by atoms with Crippen molar-refractivity contribution >= 4 is 12.0 Å². The van der Waals surface area contributed by atoms with E-state index in [1.165, 1.54) is 12.8 Å². The molecule has 4 aliphatic rings. The van der Waals surface area contributed by atoms with Gasteiger partial charge in [-0.1, -0.05) is 19.8 Å². The van der Waals surface area contributed by atoms with E-state index in [4.69, 9.17) is 9.47 Å². The highest BCUT2D eigenvalue weighted by atomic mass is 16.6. The van der Waals surface area contributed by atoms with Crippen LogP contribution in [-0.2, 0) is 9.47 Å². The van der Waals surface area contributed by atoms with Gasteiger partial charge in [0.2, 0.25) is 0 Å². The molecule has 0 aliphatic carbocycles. The van der Waals surface area contributed by atoms with Gasteiger partial charge in [0.25, 0.3) is 5.91 Å². The average molecular weight is 555 g/mol. The van der Waals surface area contributed by atoms with Gasteiger partial charge in [-0.15, -0.1) is 0 Å². The number of rotatable bonds is 7. The quantitative estimate of drug-likeness (QED) is 0.452. The molecule has 5 heterocycles. The molecule has 222 valence electrons. The molecule has 4 fully saturated rings. The number of hydrogen-bond acceptors (Lipinski definition) is 6. The van der Waals surface area contributed by atoms with Gasteiger partial charge in [-0.05, 0) is 70.9 Å². The number of hydrogen-bond donors (Lipinski definition) is 0. The number of ether oxygens (including phenoxy) is 2. The summed E-state index contributed by atoms with van der Waals surface area (Å²) in [5, 5.41) is 0. The van der Waals surface area contributed by atoms with Crippen molar-refractivity contribution in [1.82, 2.24) is 19.7 Å². The molecular formula is C32H50N4O4. The van der Waals surface area contributed by atoms with E-state index in [-0.39, 0.29) is 29.2 Å². The summed E-state index contributed by atoms with van der Waals surface area (Å²) in [7, 11) is 0. The number of amides is 2. The van der Waals surface area contributed by atoms with Crippen molar-refractivity contribution in [3.63, 3.8) is 0 Å². The van der Waals surface area contributed by atoms with Gasteiger partial charge in [-0.2, -0.15) is 0 Å². The lowest BCUT2D eigenvalue weighted by Crippen LogP contribution is -2.64. The first kappa shape index (κ1) is 29.3. The maximum atomic E-state index is 13.3. The molecule has 8 heteroatoms. The lowest BCUT2D eigenvalue weighted by molar-refractivity contribution is -0.138. The van der Waals surface area contributed by atoms with Gasteiger partial charge in [-0.3, -0.25) is 14.7 Å². The molecule has 4 aliphatic heterocycles. The third-order valence-corrected chi connectivity index (χ3v) is 10.4. The van der Waals surface area contributed by atoms with Crippen molar-refractivity contribution in [3.8, 4) is 0 Å². The zero-order valence-electron chi connectivity index (χ0n) is 25.3. The normalized spacial score (nSPS) is 27.1. The van der Waals surface area contributed by atoms with E-state index >= 15 is 0 Å². The summed E-state index contributed by atoms with van der Waals surface area (Å²) < 4.78 is 12.4. The fraction of sp³-hybridized carbons (Fsp3) is 0.781. The second-order valence-electron chi connectivity index (χ2n) is 13.0. The maximum Gasteiger partial charge on any atom is 0.410 e. The fourth-order valence-corrected chi connectivity index (χ4v) is 7.60. The lowest BCUT2D eigenvalue weighted by Gasteiger charge is -2.55. The Labute approximate surface area is 240 Å². The van der Waals surface area contributed by atoms with Gasteiger partial charge in [0, 0.05) is 69.8 Å². The summed E-state index contributed by atoms with van der Waals surface area (Å²) >= 11 is 0. The van der Waals surface area contributed by atoms with Gasteiger partial charge in [0.05, 0.1) is 23.9 Å². The molecule has 0 radical (unpaired) electrons. The molecule has 1 aromatic rings. The third-order valence-electron chi connectivity index (χ3n) is 10.4. The number of aryl methyl sites for hydroxylation is 2. The van der Waals surface area contributed by atoms with Crippen molar-refractivity contribution in [2.75, 3.05) is 45.9 Å². The fourth-order valence-electron chi connectivity index (χ4n) is 7.60. The van der Waals surface area contributed by atoms with Crippen LogP contribution in [0.2, 0.25) is 0 Å². The first-order valence-electron chi connectivity index (χ1n) is 15.8. The number of pyridine rings is 1. The first-order chi connectivity index (χ1) is 19.2. The molecule has 0 bridgehead atoms. The zero-order chi connectivity index (χ0) is 28.3. The third kappa shape index (κ3) is 6.03. The minimum Gasteiger partial charge on any atom is -0.442 e. The van der Waals surface area contributed by atoms with Crippen molar-refractivity contribution in [1.29, 1.82) is 0 Å². The molecule has 0 aromatic carbocycles. The highest BCUT2D eigenvalue weighted by Gasteiger charge is 2.51. The summed E-state index contributed by atoms with van der Waals surface area (Å²) in [4.78, 5) is 37.5. The molecule has 5 rings (SSSR count). The van der Waals surface area contributed by atoms with Crippen LogP contribution in [0.3, 0.4) is 0 Å². The summed E-state index contributed by atoms with van der Waals surface area (Å²) in [6.45, 7) is 14.2. The number of piperidine rings is 2. The van der Waals surface area contributed by atoms with E-state index < -0.39 is 0 Å². The highest BCUT2D eigenvalue weighted by Crippen LogP contribution is 2.43. The largest absolute Gasteiger partial charge is 0.442 e. The van der Waals surface area contributed by atoms with E-state index in [0.29, 0.717) is 12.5 Å². The first-order valence-corrected chi connectivity index (χ1v) is 15.8. The van der Waals surface area contributed by atoms with Gasteiger partial charge < -0.3 is 19.3 Å². The SMILES string of the molecule is CCCC[C@H]1CN(CC2CCCCO2)C(=O)OC12CCN(C1(C)CCN(C(=O)c3c(C)ccnc3C)CC1)CC2. The average Bonchev–Trinajstić information content (AvgIpc) is 2.95. The van der Waals surface area contributed by atoms with E-state index in [2.05, 4.69) is 23.7 Å². The van der Waals surface area contributed by atoms with E-state index in [0.717, 1.165) is 108 Å². The van der Waals surface area contributed by atoms with Crippen LogP contribution in [0, 0.1) is 19.8 Å². The Balaban J connectivity index is 1.19. The summed E-state index contributed by atoms with van der Waals surface area (Å²) in [6.07, 6.45) is 12.2. The van der Waals surface area contributed by atoms with Crippen molar-refractivity contribution in [2.24, 2.45) is 5.92 Å². The van der Waals surface area contributed by atoms with Crippen LogP contribution in [-0.4, -0.2) is 94.8 Å². The number of carbonyl (C=O) groups is 2. The van der Waals surface area contributed by atoms with Gasteiger partial charge in [-0.25, -0.2) is 4.79 Å². The zero-order valence-corrected chi connectivity index (χ0v) is 25.3. The van der Waals surface area contributed by atoms with E-state index in [1.54, 1.807) is 6.20 Å². The van der Waals surface area contributed by atoms with Crippen LogP contribution in [0.1, 0.15) is 99.7 Å². The molecule has 1 unspecified atom stereocenters. The van der Waals surface area contributed by atoms with Gasteiger partial charge >= 0.3 is 6.09 Å². The monoisotopic (exact) mass is 554 g/mol. The van der Waals surface area contributed by atoms with Crippen LogP contribution in [0.25, 0.3) is 0 Å². The summed E-state index contributed by atoms with van der Waals surface area (Å²) in [5.74, 6) is 0.480. The molecular weight excluding hydrogens is 504 g/mol. The summed E-state index contributed by atoms with van der Waals surface area (Å²) in [5.41, 5.74) is 2.27. The molecule has 4 saturated heterocycles. The number of carbonyl (C=O) groups excluding carboxylic acids is 2. The van der Waals surface area contributed by atoms with E-state index in [9.17, 15) is 9.59 Å². The number of likely N-dealkylation sites (tertiary alicyclic amines) is 2. The number of unbranched alkanes of at least 4 members (excludes halogenated alkanes) is 1. The molecule has 1 aromatic heterocycles. The molecule has 0 saturated carbocycles. The molecule has 40 heavy (non-hydrogen) atoms. The molecule has 2 atom stereocenters. The Morgan fingerprint density at radius 2 is 1.85 bits per heavy atom. The van der Waals surface area contributed by atoms with Crippen molar-refractivity contribution in [2.45, 2.75) is 109 Å². The van der Waals surface area contributed by atoms with Crippen LogP contribution in [0.5, 0.6) is 0 Å². The Hall–Kier alpha value is -2.19. The highest BCUT2D eigenvalue weighted by molar-refractivity contribution is 5.96. The smallest absolute Gasteiger partial charge is 0.410 e. The van der Waals surface area contributed by atoms with Crippen LogP contribution < -0.4 is 0 Å². The Bertz CT molecular complexity index is 1020. The Morgan fingerprint density at radius 3 is 2.50 bits per heavy atom. The molecule has 0 N–H and O–H groups in total. The molecule has 8 nitrogen and oxygen atoms in total. The van der Waals surface area contributed by atoms with Crippen LogP contribution >= 0.6 is 0 Å². The summed E-state index contributed by atoms with van der Waals surface area (Å²) in [6, 6.07) is 1.92. The van der Waals surface area contributed by atoms with Gasteiger partial charge in [0.15, 0.2) is 0 Å². The number of nitrogens with zero attached hydrogens (tertiary/aromatic N) is 4. The Kier molecular flexibility index (Phi) is 9.05.